The lowest BCUT2D eigenvalue weighted by Crippen LogP contribution is -2.25. The van der Waals surface area contributed by atoms with E-state index in [1.54, 1.807) is 26.0 Å². The zero-order valence-corrected chi connectivity index (χ0v) is 17.8. The minimum atomic E-state index is -0.653. The van der Waals surface area contributed by atoms with Crippen LogP contribution in [0.15, 0.2) is 60.9 Å². The Morgan fingerprint density at radius 3 is 2.13 bits per heavy atom. The molecule has 0 saturated heterocycles. The summed E-state index contributed by atoms with van der Waals surface area (Å²) < 4.78 is 10.6. The number of esters is 1. The molecule has 0 spiro atoms. The summed E-state index contributed by atoms with van der Waals surface area (Å²) in [4.78, 5) is 20.7. The van der Waals surface area contributed by atoms with Gasteiger partial charge in [-0.05, 0) is 62.1 Å². The molecular formula is C25H28N2O3. The van der Waals surface area contributed by atoms with Crippen molar-refractivity contribution in [2.24, 2.45) is 0 Å². The van der Waals surface area contributed by atoms with Gasteiger partial charge in [-0.3, -0.25) is 0 Å². The molecule has 0 aliphatic rings. The van der Waals surface area contributed by atoms with Gasteiger partial charge in [0, 0.05) is 23.5 Å². The van der Waals surface area contributed by atoms with E-state index in [-0.39, 0.29) is 5.97 Å². The van der Waals surface area contributed by atoms with E-state index in [1.807, 2.05) is 24.5 Å². The van der Waals surface area contributed by atoms with E-state index in [9.17, 15) is 4.79 Å². The minimum absolute atomic E-state index is 0.335. The third-order valence-electron chi connectivity index (χ3n) is 4.80. The number of aryl methyl sites for hydroxylation is 1. The molecule has 1 atom stereocenters. The Morgan fingerprint density at radius 1 is 0.900 bits per heavy atom. The normalized spacial score (nSPS) is 11.7. The summed E-state index contributed by atoms with van der Waals surface area (Å²) in [6.45, 7) is 5.98. The van der Waals surface area contributed by atoms with Gasteiger partial charge in [0.25, 0.3) is 0 Å². The van der Waals surface area contributed by atoms with Crippen LogP contribution in [0, 0.1) is 0 Å². The highest BCUT2D eigenvalue weighted by Gasteiger charge is 2.15. The Labute approximate surface area is 178 Å². The number of carbonyl (C=O) groups excluding carboxylic acids is 1. The lowest BCUT2D eigenvalue weighted by molar-refractivity contribution is -0.150. The molecular weight excluding hydrogens is 376 g/mol. The molecule has 0 bridgehead atoms. The van der Waals surface area contributed by atoms with Gasteiger partial charge in [0.2, 0.25) is 0 Å². The number of aromatic nitrogens is 2. The van der Waals surface area contributed by atoms with Crippen LogP contribution < -0.4 is 4.74 Å². The predicted molar refractivity (Wildman–Crippen MR) is 118 cm³/mol. The van der Waals surface area contributed by atoms with Crippen LogP contribution in [0.4, 0.5) is 0 Å². The van der Waals surface area contributed by atoms with Crippen molar-refractivity contribution in [3.63, 3.8) is 0 Å². The zero-order chi connectivity index (χ0) is 21.3. The lowest BCUT2D eigenvalue weighted by atomic mass is 10.0. The number of unbranched alkanes of at least 4 members (excludes halogenated alkanes) is 1. The summed E-state index contributed by atoms with van der Waals surface area (Å²) in [6.07, 6.45) is 6.56. The van der Waals surface area contributed by atoms with Crippen molar-refractivity contribution in [3.05, 3.63) is 66.5 Å². The van der Waals surface area contributed by atoms with Crippen LogP contribution in [0.5, 0.6) is 5.75 Å². The van der Waals surface area contributed by atoms with Crippen LogP contribution in [-0.2, 0) is 16.0 Å². The molecule has 0 radical (unpaired) electrons. The predicted octanol–water partition coefficient (Wildman–Crippen LogP) is 5.48. The van der Waals surface area contributed by atoms with E-state index in [0.717, 1.165) is 23.1 Å². The van der Waals surface area contributed by atoms with Gasteiger partial charge >= 0.3 is 5.97 Å². The first kappa shape index (κ1) is 21.5. The van der Waals surface area contributed by atoms with E-state index in [1.165, 1.54) is 18.4 Å². The maximum atomic E-state index is 11.7. The molecule has 156 valence electrons. The molecule has 2 aromatic carbocycles. The van der Waals surface area contributed by atoms with E-state index >= 15 is 0 Å². The van der Waals surface area contributed by atoms with Gasteiger partial charge in [0.1, 0.15) is 5.75 Å². The minimum Gasteiger partial charge on any atom is -0.479 e. The summed E-state index contributed by atoms with van der Waals surface area (Å²) in [7, 11) is 0. The number of hydrogen-bond donors (Lipinski definition) is 0. The van der Waals surface area contributed by atoms with Gasteiger partial charge in [-0.15, -0.1) is 0 Å². The standard InChI is InChI=1S/C25H28N2O3/c1-4-6-7-19-8-10-20(11-9-19)22-16-26-24(27-17-22)21-12-14-23(15-13-21)30-18(3)25(28)29-5-2/h8-18H,4-7H2,1-3H3/t18-/m1/s1. The first-order valence-electron chi connectivity index (χ1n) is 10.5. The highest BCUT2D eigenvalue weighted by molar-refractivity contribution is 5.74. The second-order valence-corrected chi connectivity index (χ2v) is 7.13. The number of nitrogens with zero attached hydrogens (tertiary/aromatic N) is 2. The van der Waals surface area contributed by atoms with Gasteiger partial charge in [-0.2, -0.15) is 0 Å². The third-order valence-corrected chi connectivity index (χ3v) is 4.80. The molecule has 0 fully saturated rings. The molecule has 1 heterocycles. The lowest BCUT2D eigenvalue weighted by Gasteiger charge is -2.13. The van der Waals surface area contributed by atoms with E-state index < -0.39 is 6.10 Å². The molecule has 30 heavy (non-hydrogen) atoms. The molecule has 1 aromatic heterocycles. The Balaban J connectivity index is 1.65. The van der Waals surface area contributed by atoms with Gasteiger partial charge < -0.3 is 9.47 Å². The summed E-state index contributed by atoms with van der Waals surface area (Å²) in [5.74, 6) is 0.862. The second-order valence-electron chi connectivity index (χ2n) is 7.13. The SMILES string of the molecule is CCCCc1ccc(-c2cnc(-c3ccc(O[C@H](C)C(=O)OCC)cc3)nc2)cc1. The molecule has 0 unspecified atom stereocenters. The van der Waals surface area contributed by atoms with E-state index in [2.05, 4.69) is 41.2 Å². The maximum Gasteiger partial charge on any atom is 0.347 e. The molecule has 5 nitrogen and oxygen atoms in total. The molecule has 3 aromatic rings. The highest BCUT2D eigenvalue weighted by Crippen LogP contribution is 2.23. The number of carbonyl (C=O) groups is 1. The van der Waals surface area contributed by atoms with Gasteiger partial charge in [-0.1, -0.05) is 37.6 Å². The Hall–Kier alpha value is -3.21. The summed E-state index contributed by atoms with van der Waals surface area (Å²) in [5.41, 5.74) is 4.34. The number of hydrogen-bond acceptors (Lipinski definition) is 5. The second kappa shape index (κ2) is 10.5. The van der Waals surface area contributed by atoms with Crippen molar-refractivity contribution in [3.8, 4) is 28.3 Å². The Kier molecular flexibility index (Phi) is 7.55. The molecule has 3 rings (SSSR count). The highest BCUT2D eigenvalue weighted by atomic mass is 16.6. The molecule has 5 heteroatoms. The molecule has 0 saturated carbocycles. The Bertz CT molecular complexity index is 936. The maximum absolute atomic E-state index is 11.7. The first-order valence-corrected chi connectivity index (χ1v) is 10.5. The van der Waals surface area contributed by atoms with E-state index in [0.29, 0.717) is 18.2 Å². The van der Waals surface area contributed by atoms with E-state index in [4.69, 9.17) is 9.47 Å². The number of ether oxygens (including phenoxy) is 2. The van der Waals surface area contributed by atoms with Crippen molar-refractivity contribution in [1.82, 2.24) is 9.97 Å². The Morgan fingerprint density at radius 2 is 1.53 bits per heavy atom. The fourth-order valence-electron chi connectivity index (χ4n) is 3.07. The van der Waals surface area contributed by atoms with Crippen molar-refractivity contribution < 1.29 is 14.3 Å². The summed E-state index contributed by atoms with van der Waals surface area (Å²) in [6, 6.07) is 16.0. The smallest absolute Gasteiger partial charge is 0.347 e. The van der Waals surface area contributed by atoms with Gasteiger partial charge in [0.15, 0.2) is 11.9 Å². The fraction of sp³-hybridized carbons (Fsp3) is 0.320. The third kappa shape index (κ3) is 5.66. The molecule has 0 amide bonds. The van der Waals surface area contributed by atoms with Crippen LogP contribution in [0.2, 0.25) is 0 Å². The van der Waals surface area contributed by atoms with Gasteiger partial charge in [0.05, 0.1) is 6.61 Å². The monoisotopic (exact) mass is 404 g/mol. The van der Waals surface area contributed by atoms with Crippen molar-refractivity contribution in [2.45, 2.75) is 46.1 Å². The van der Waals surface area contributed by atoms with Crippen LogP contribution in [0.3, 0.4) is 0 Å². The topological polar surface area (TPSA) is 61.3 Å². The molecule has 0 aliphatic heterocycles. The summed E-state index contributed by atoms with van der Waals surface area (Å²) in [5, 5.41) is 0. The molecule has 0 aliphatic carbocycles. The average molecular weight is 405 g/mol. The zero-order valence-electron chi connectivity index (χ0n) is 17.8. The quantitative estimate of drug-likeness (QED) is 0.442. The van der Waals surface area contributed by atoms with Crippen molar-refractivity contribution >= 4 is 5.97 Å². The first-order chi connectivity index (χ1) is 14.6. The molecule has 0 N–H and O–H groups in total. The fourth-order valence-corrected chi connectivity index (χ4v) is 3.07. The van der Waals surface area contributed by atoms with Crippen LogP contribution >= 0.6 is 0 Å². The van der Waals surface area contributed by atoms with Crippen molar-refractivity contribution in [1.29, 1.82) is 0 Å². The van der Waals surface area contributed by atoms with Crippen LogP contribution in [-0.4, -0.2) is 28.6 Å². The van der Waals surface area contributed by atoms with Crippen molar-refractivity contribution in [2.75, 3.05) is 6.61 Å². The number of rotatable bonds is 9. The number of benzene rings is 2. The van der Waals surface area contributed by atoms with Crippen LogP contribution in [0.25, 0.3) is 22.5 Å². The van der Waals surface area contributed by atoms with Gasteiger partial charge in [-0.25, -0.2) is 14.8 Å². The largest absolute Gasteiger partial charge is 0.479 e. The average Bonchev–Trinajstić information content (AvgIpc) is 2.79. The van der Waals surface area contributed by atoms with Crippen LogP contribution in [0.1, 0.15) is 39.2 Å². The summed E-state index contributed by atoms with van der Waals surface area (Å²) >= 11 is 0.